The molecule has 0 aromatic carbocycles. The second-order valence-electron chi connectivity index (χ2n) is 4.94. The quantitative estimate of drug-likeness (QED) is 0.757. The normalized spacial score (nSPS) is 39.2. The highest BCUT2D eigenvalue weighted by Crippen LogP contribution is 2.24. The van der Waals surface area contributed by atoms with Crippen LogP contribution in [-0.4, -0.2) is 37.5 Å². The summed E-state index contributed by atoms with van der Waals surface area (Å²) < 4.78 is 11.9. The molecule has 0 aromatic rings. The smallest absolute Gasteiger partial charge is 0.0628 e. The largest absolute Gasteiger partial charge is 0.375 e. The molecule has 2 atom stereocenters. The molecule has 2 heterocycles. The zero-order chi connectivity index (χ0) is 10.7. The van der Waals surface area contributed by atoms with Gasteiger partial charge in [-0.05, 0) is 52.6 Å². The molecule has 2 aliphatic rings. The minimum atomic E-state index is 0.362. The van der Waals surface area contributed by atoms with Gasteiger partial charge in [0.2, 0.25) is 0 Å². The average molecular weight is 213 g/mol. The van der Waals surface area contributed by atoms with E-state index in [1.165, 1.54) is 12.8 Å². The first kappa shape index (κ1) is 11.4. The molecular weight excluding hydrogens is 190 g/mol. The summed E-state index contributed by atoms with van der Waals surface area (Å²) in [6.45, 7) is 6.51. The highest BCUT2D eigenvalue weighted by atomic mass is 16.5. The molecule has 2 saturated heterocycles. The van der Waals surface area contributed by atoms with E-state index in [4.69, 9.17) is 9.47 Å². The molecule has 88 valence electrons. The van der Waals surface area contributed by atoms with Crippen molar-refractivity contribution in [3.63, 3.8) is 0 Å². The fourth-order valence-electron chi connectivity index (χ4n) is 2.66. The molecule has 0 aliphatic carbocycles. The van der Waals surface area contributed by atoms with Gasteiger partial charge in [0.05, 0.1) is 24.4 Å². The molecular formula is C12H23NO2. The van der Waals surface area contributed by atoms with Crippen molar-refractivity contribution in [2.45, 2.75) is 63.9 Å². The van der Waals surface area contributed by atoms with Crippen molar-refractivity contribution in [2.24, 2.45) is 0 Å². The van der Waals surface area contributed by atoms with Crippen LogP contribution < -0.4 is 5.32 Å². The van der Waals surface area contributed by atoms with Crippen LogP contribution in [0.5, 0.6) is 0 Å². The van der Waals surface area contributed by atoms with Crippen molar-refractivity contribution in [3.8, 4) is 0 Å². The molecule has 0 aromatic heterocycles. The lowest BCUT2D eigenvalue weighted by Crippen LogP contribution is -2.39. The second-order valence-corrected chi connectivity index (χ2v) is 4.94. The van der Waals surface area contributed by atoms with Crippen LogP contribution in [-0.2, 0) is 9.47 Å². The van der Waals surface area contributed by atoms with Crippen molar-refractivity contribution in [1.82, 2.24) is 5.32 Å². The maximum Gasteiger partial charge on any atom is 0.0628 e. The third kappa shape index (κ3) is 3.44. The van der Waals surface area contributed by atoms with Crippen molar-refractivity contribution < 1.29 is 9.47 Å². The average Bonchev–Trinajstić information content (AvgIpc) is 2.17. The van der Waals surface area contributed by atoms with Gasteiger partial charge in [-0.15, -0.1) is 0 Å². The Bertz CT molecular complexity index is 182. The van der Waals surface area contributed by atoms with E-state index in [1.54, 1.807) is 0 Å². The maximum absolute atomic E-state index is 6.15. The van der Waals surface area contributed by atoms with E-state index in [-0.39, 0.29) is 0 Å². The Kier molecular flexibility index (Phi) is 4.00. The van der Waals surface area contributed by atoms with Gasteiger partial charge in [-0.2, -0.15) is 0 Å². The Balaban J connectivity index is 1.77. The lowest BCUT2D eigenvalue weighted by molar-refractivity contribution is -0.125. The molecule has 2 unspecified atom stereocenters. The fourth-order valence-corrected chi connectivity index (χ4v) is 2.66. The van der Waals surface area contributed by atoms with Crippen LogP contribution in [0, 0.1) is 0 Å². The lowest BCUT2D eigenvalue weighted by Gasteiger charge is -2.35. The first-order valence-electron chi connectivity index (χ1n) is 6.25. The Morgan fingerprint density at radius 2 is 1.60 bits per heavy atom. The Morgan fingerprint density at radius 1 is 1.00 bits per heavy atom. The first-order chi connectivity index (χ1) is 7.24. The summed E-state index contributed by atoms with van der Waals surface area (Å²) in [4.78, 5) is 0. The van der Waals surface area contributed by atoms with E-state index in [1.807, 2.05) is 0 Å². The van der Waals surface area contributed by atoms with Crippen molar-refractivity contribution in [2.75, 3.05) is 13.1 Å². The van der Waals surface area contributed by atoms with E-state index in [2.05, 4.69) is 19.2 Å². The lowest BCUT2D eigenvalue weighted by atomic mass is 10.0. The number of piperidine rings is 1. The molecule has 3 heteroatoms. The van der Waals surface area contributed by atoms with E-state index >= 15 is 0 Å². The SMILES string of the molecule is CC1CC(OC2CCNCC2)CC(C)O1. The van der Waals surface area contributed by atoms with Crippen LogP contribution in [0.1, 0.15) is 39.5 Å². The van der Waals surface area contributed by atoms with Gasteiger partial charge in [0.15, 0.2) is 0 Å². The summed E-state index contributed by atoms with van der Waals surface area (Å²) in [7, 11) is 0. The van der Waals surface area contributed by atoms with Gasteiger partial charge in [-0.25, -0.2) is 0 Å². The van der Waals surface area contributed by atoms with Gasteiger partial charge < -0.3 is 14.8 Å². The topological polar surface area (TPSA) is 30.5 Å². The minimum Gasteiger partial charge on any atom is -0.375 e. The summed E-state index contributed by atoms with van der Waals surface area (Å²) in [5, 5.41) is 3.36. The molecule has 0 amide bonds. The van der Waals surface area contributed by atoms with Crippen molar-refractivity contribution in [3.05, 3.63) is 0 Å². The number of hydrogen-bond acceptors (Lipinski definition) is 3. The number of rotatable bonds is 2. The molecule has 2 rings (SSSR count). The van der Waals surface area contributed by atoms with E-state index < -0.39 is 0 Å². The Labute approximate surface area is 92.5 Å². The zero-order valence-corrected chi connectivity index (χ0v) is 9.87. The highest BCUT2D eigenvalue weighted by Gasteiger charge is 2.27. The van der Waals surface area contributed by atoms with Crippen molar-refractivity contribution in [1.29, 1.82) is 0 Å². The molecule has 3 nitrogen and oxygen atoms in total. The standard InChI is InChI=1S/C12H23NO2/c1-9-7-12(8-10(2)14-9)15-11-3-5-13-6-4-11/h9-13H,3-8H2,1-2H3. The molecule has 0 spiro atoms. The Hall–Kier alpha value is -0.120. The number of nitrogens with one attached hydrogen (secondary N) is 1. The molecule has 0 radical (unpaired) electrons. The van der Waals surface area contributed by atoms with Gasteiger partial charge in [0.25, 0.3) is 0 Å². The van der Waals surface area contributed by atoms with Crippen LogP contribution in [0.3, 0.4) is 0 Å². The van der Waals surface area contributed by atoms with Crippen LogP contribution in [0.15, 0.2) is 0 Å². The summed E-state index contributed by atoms with van der Waals surface area (Å²) in [5.74, 6) is 0. The summed E-state index contributed by atoms with van der Waals surface area (Å²) >= 11 is 0. The maximum atomic E-state index is 6.15. The molecule has 0 saturated carbocycles. The van der Waals surface area contributed by atoms with Crippen LogP contribution in [0.25, 0.3) is 0 Å². The fraction of sp³-hybridized carbons (Fsp3) is 1.00. The summed E-state index contributed by atoms with van der Waals surface area (Å²) in [6, 6.07) is 0. The van der Waals surface area contributed by atoms with Gasteiger partial charge in [0.1, 0.15) is 0 Å². The van der Waals surface area contributed by atoms with Crippen LogP contribution >= 0.6 is 0 Å². The third-order valence-corrected chi connectivity index (χ3v) is 3.33. The van der Waals surface area contributed by atoms with Gasteiger partial charge in [-0.1, -0.05) is 0 Å². The zero-order valence-electron chi connectivity index (χ0n) is 9.87. The second kappa shape index (κ2) is 5.28. The van der Waals surface area contributed by atoms with E-state index in [0.29, 0.717) is 24.4 Å². The van der Waals surface area contributed by atoms with Gasteiger partial charge in [0, 0.05) is 0 Å². The Morgan fingerprint density at radius 3 is 2.20 bits per heavy atom. The van der Waals surface area contributed by atoms with Crippen LogP contribution in [0.2, 0.25) is 0 Å². The molecule has 2 fully saturated rings. The predicted molar refractivity (Wildman–Crippen MR) is 60.0 cm³/mol. The molecule has 1 N–H and O–H groups in total. The predicted octanol–water partition coefficient (Wildman–Crippen LogP) is 1.71. The molecule has 2 aliphatic heterocycles. The summed E-state index contributed by atoms with van der Waals surface area (Å²) in [6.07, 6.45) is 6.09. The van der Waals surface area contributed by atoms with E-state index in [9.17, 15) is 0 Å². The minimum absolute atomic E-state index is 0.362. The van der Waals surface area contributed by atoms with E-state index in [0.717, 1.165) is 25.9 Å². The number of ether oxygens (including phenoxy) is 2. The highest BCUT2D eigenvalue weighted by molar-refractivity contribution is 4.77. The first-order valence-corrected chi connectivity index (χ1v) is 6.25. The summed E-state index contributed by atoms with van der Waals surface area (Å²) in [5.41, 5.74) is 0. The monoisotopic (exact) mass is 213 g/mol. The van der Waals surface area contributed by atoms with Crippen molar-refractivity contribution >= 4 is 0 Å². The molecule has 15 heavy (non-hydrogen) atoms. The number of hydrogen-bond donors (Lipinski definition) is 1. The van der Waals surface area contributed by atoms with Crippen LogP contribution in [0.4, 0.5) is 0 Å². The molecule has 0 bridgehead atoms. The third-order valence-electron chi connectivity index (χ3n) is 3.33. The van der Waals surface area contributed by atoms with Gasteiger partial charge in [-0.3, -0.25) is 0 Å². The van der Waals surface area contributed by atoms with Gasteiger partial charge >= 0.3 is 0 Å².